The number of fused-ring (bicyclic) bond motifs is 3. The number of anilines is 2. The highest BCUT2D eigenvalue weighted by molar-refractivity contribution is 5.80. The first-order valence-corrected chi connectivity index (χ1v) is 7.44. The fraction of sp³-hybridized carbons (Fsp3) is 0.0526. The van der Waals surface area contributed by atoms with Crippen LogP contribution in [0.1, 0.15) is 11.1 Å². The quantitative estimate of drug-likeness (QED) is 0.432. The van der Waals surface area contributed by atoms with Gasteiger partial charge in [0.25, 0.3) is 5.69 Å². The summed E-state index contributed by atoms with van der Waals surface area (Å²) in [5.74, 6) is 0. The van der Waals surface area contributed by atoms with Gasteiger partial charge in [0.05, 0.1) is 4.92 Å². The molecule has 0 aliphatic heterocycles. The number of hydrogen-bond donors (Lipinski definition) is 1. The fourth-order valence-corrected chi connectivity index (χ4v) is 3.12. The molecule has 3 aromatic rings. The third-order valence-electron chi connectivity index (χ3n) is 4.17. The monoisotopic (exact) mass is 302 g/mol. The summed E-state index contributed by atoms with van der Waals surface area (Å²) in [4.78, 5) is 10.7. The molecule has 4 nitrogen and oxygen atoms in total. The van der Waals surface area contributed by atoms with Crippen LogP contribution in [0.2, 0.25) is 0 Å². The van der Waals surface area contributed by atoms with Crippen LogP contribution >= 0.6 is 0 Å². The average Bonchev–Trinajstić information content (AvgIpc) is 2.93. The third-order valence-corrected chi connectivity index (χ3v) is 4.17. The van der Waals surface area contributed by atoms with E-state index in [1.165, 1.54) is 28.3 Å². The molecule has 0 bridgehead atoms. The minimum absolute atomic E-state index is 0.0799. The van der Waals surface area contributed by atoms with Crippen LogP contribution in [0, 0.1) is 10.1 Å². The second kappa shape index (κ2) is 5.25. The Bertz CT molecular complexity index is 919. The maximum atomic E-state index is 11.1. The smallest absolute Gasteiger partial charge is 0.292 e. The number of nitro benzene ring substituents is 1. The molecule has 0 saturated carbocycles. The molecule has 3 aromatic carbocycles. The Morgan fingerprint density at radius 1 is 0.870 bits per heavy atom. The van der Waals surface area contributed by atoms with Crippen molar-refractivity contribution < 1.29 is 4.92 Å². The fourth-order valence-electron chi connectivity index (χ4n) is 3.12. The summed E-state index contributed by atoms with van der Waals surface area (Å²) in [6, 6.07) is 21.2. The molecule has 1 aliphatic rings. The molecule has 0 amide bonds. The van der Waals surface area contributed by atoms with Crippen molar-refractivity contribution in [2.75, 3.05) is 5.32 Å². The van der Waals surface area contributed by atoms with E-state index in [1.54, 1.807) is 18.2 Å². The van der Waals surface area contributed by atoms with Crippen LogP contribution in [-0.2, 0) is 6.42 Å². The van der Waals surface area contributed by atoms with E-state index in [0.717, 1.165) is 12.1 Å². The first kappa shape index (κ1) is 13.5. The van der Waals surface area contributed by atoms with Gasteiger partial charge in [0.15, 0.2) is 0 Å². The van der Waals surface area contributed by atoms with E-state index in [9.17, 15) is 10.1 Å². The van der Waals surface area contributed by atoms with Crippen molar-refractivity contribution >= 4 is 17.1 Å². The van der Waals surface area contributed by atoms with E-state index in [2.05, 4.69) is 35.6 Å². The summed E-state index contributed by atoms with van der Waals surface area (Å²) in [6.45, 7) is 0. The number of nitro groups is 1. The van der Waals surface area contributed by atoms with E-state index < -0.39 is 0 Å². The molecule has 0 unspecified atom stereocenters. The van der Waals surface area contributed by atoms with Crippen LogP contribution in [-0.4, -0.2) is 4.92 Å². The predicted molar refractivity (Wildman–Crippen MR) is 91.1 cm³/mol. The Hall–Kier alpha value is -3.14. The van der Waals surface area contributed by atoms with Crippen molar-refractivity contribution in [3.63, 3.8) is 0 Å². The summed E-state index contributed by atoms with van der Waals surface area (Å²) in [7, 11) is 0. The topological polar surface area (TPSA) is 55.2 Å². The number of rotatable bonds is 3. The van der Waals surface area contributed by atoms with Gasteiger partial charge in [-0.05, 0) is 46.9 Å². The number of nitrogens with zero attached hydrogens (tertiary/aromatic N) is 1. The van der Waals surface area contributed by atoms with Crippen molar-refractivity contribution in [3.8, 4) is 11.1 Å². The van der Waals surface area contributed by atoms with E-state index in [1.807, 2.05) is 12.1 Å². The van der Waals surface area contributed by atoms with Crippen LogP contribution in [0.4, 0.5) is 17.1 Å². The minimum Gasteiger partial charge on any atom is -0.350 e. The number of benzene rings is 3. The maximum absolute atomic E-state index is 11.1. The Balaban J connectivity index is 1.69. The first-order valence-electron chi connectivity index (χ1n) is 7.44. The minimum atomic E-state index is -0.369. The second-order valence-corrected chi connectivity index (χ2v) is 5.61. The van der Waals surface area contributed by atoms with Gasteiger partial charge in [-0.3, -0.25) is 10.1 Å². The average molecular weight is 302 g/mol. The highest BCUT2D eigenvalue weighted by Crippen LogP contribution is 2.38. The lowest BCUT2D eigenvalue weighted by atomic mass is 10.1. The summed E-state index contributed by atoms with van der Waals surface area (Å²) >= 11 is 0. The SMILES string of the molecule is O=[N+]([O-])c1ccccc1Nc1ccc2c(c1)Cc1ccccc1-2. The normalized spacial score (nSPS) is 11.7. The zero-order valence-corrected chi connectivity index (χ0v) is 12.3. The summed E-state index contributed by atoms with van der Waals surface area (Å²) in [6.07, 6.45) is 0.901. The predicted octanol–water partition coefficient (Wildman–Crippen LogP) is 4.91. The molecule has 0 saturated heterocycles. The Morgan fingerprint density at radius 3 is 2.48 bits per heavy atom. The van der Waals surface area contributed by atoms with Crippen LogP contribution in [0.15, 0.2) is 66.7 Å². The van der Waals surface area contributed by atoms with Gasteiger partial charge in [-0.2, -0.15) is 0 Å². The van der Waals surface area contributed by atoms with Crippen molar-refractivity contribution in [2.24, 2.45) is 0 Å². The Morgan fingerprint density at radius 2 is 1.61 bits per heavy atom. The second-order valence-electron chi connectivity index (χ2n) is 5.61. The molecular formula is C19H14N2O2. The molecule has 4 rings (SSSR count). The van der Waals surface area contributed by atoms with Crippen LogP contribution in [0.25, 0.3) is 11.1 Å². The molecule has 1 aliphatic carbocycles. The van der Waals surface area contributed by atoms with Crippen molar-refractivity contribution in [3.05, 3.63) is 88.0 Å². The van der Waals surface area contributed by atoms with Crippen molar-refractivity contribution in [1.82, 2.24) is 0 Å². The van der Waals surface area contributed by atoms with Gasteiger partial charge in [-0.1, -0.05) is 42.5 Å². The lowest BCUT2D eigenvalue weighted by Crippen LogP contribution is -1.97. The van der Waals surface area contributed by atoms with Gasteiger partial charge in [0.1, 0.15) is 5.69 Å². The standard InChI is InChI=1S/C19H14N2O2/c22-21(23)19-8-4-3-7-18(19)20-15-9-10-17-14(12-15)11-13-5-1-2-6-16(13)17/h1-10,12,20H,11H2. The zero-order valence-electron chi connectivity index (χ0n) is 12.3. The van der Waals surface area contributed by atoms with Gasteiger partial charge in [0.2, 0.25) is 0 Å². The zero-order chi connectivity index (χ0) is 15.8. The first-order chi connectivity index (χ1) is 11.2. The van der Waals surface area contributed by atoms with E-state index >= 15 is 0 Å². The molecular weight excluding hydrogens is 288 g/mol. The molecule has 0 radical (unpaired) electrons. The summed E-state index contributed by atoms with van der Waals surface area (Å²) in [5, 5.41) is 14.3. The molecule has 0 atom stereocenters. The van der Waals surface area contributed by atoms with Crippen LogP contribution in [0.5, 0.6) is 0 Å². The molecule has 0 aromatic heterocycles. The highest BCUT2D eigenvalue weighted by Gasteiger charge is 2.18. The Labute approximate surface area is 133 Å². The summed E-state index contributed by atoms with van der Waals surface area (Å²) < 4.78 is 0. The molecule has 112 valence electrons. The van der Waals surface area contributed by atoms with Gasteiger partial charge in [-0.25, -0.2) is 0 Å². The molecule has 0 fully saturated rings. The molecule has 23 heavy (non-hydrogen) atoms. The van der Waals surface area contributed by atoms with Crippen LogP contribution in [0.3, 0.4) is 0 Å². The van der Waals surface area contributed by atoms with Crippen molar-refractivity contribution in [1.29, 1.82) is 0 Å². The van der Waals surface area contributed by atoms with Crippen molar-refractivity contribution in [2.45, 2.75) is 6.42 Å². The molecule has 4 heteroatoms. The van der Waals surface area contributed by atoms with E-state index in [0.29, 0.717) is 5.69 Å². The summed E-state index contributed by atoms with van der Waals surface area (Å²) in [5.41, 5.74) is 6.55. The largest absolute Gasteiger partial charge is 0.350 e. The highest BCUT2D eigenvalue weighted by atomic mass is 16.6. The van der Waals surface area contributed by atoms with Gasteiger partial charge in [-0.15, -0.1) is 0 Å². The number of para-hydroxylation sites is 2. The lowest BCUT2D eigenvalue weighted by molar-refractivity contribution is -0.383. The number of hydrogen-bond acceptors (Lipinski definition) is 3. The molecule has 0 heterocycles. The van der Waals surface area contributed by atoms with Crippen LogP contribution < -0.4 is 5.32 Å². The van der Waals surface area contributed by atoms with Gasteiger partial charge >= 0.3 is 0 Å². The lowest BCUT2D eigenvalue weighted by Gasteiger charge is -2.09. The van der Waals surface area contributed by atoms with Gasteiger partial charge in [0, 0.05) is 11.8 Å². The maximum Gasteiger partial charge on any atom is 0.292 e. The Kier molecular flexibility index (Phi) is 3.08. The van der Waals surface area contributed by atoms with Gasteiger partial charge < -0.3 is 5.32 Å². The molecule has 0 spiro atoms. The van der Waals surface area contributed by atoms with E-state index in [4.69, 9.17) is 0 Å². The molecule has 1 N–H and O–H groups in total. The van der Waals surface area contributed by atoms with E-state index in [-0.39, 0.29) is 10.6 Å². The number of nitrogens with one attached hydrogen (secondary N) is 1. The third kappa shape index (κ3) is 2.34.